The van der Waals surface area contributed by atoms with Crippen LogP contribution in [-0.4, -0.2) is 17.9 Å². The monoisotopic (exact) mass is 334 g/mol. The van der Waals surface area contributed by atoms with Gasteiger partial charge in [0, 0.05) is 29.2 Å². The van der Waals surface area contributed by atoms with Crippen LogP contribution in [0.5, 0.6) is 0 Å². The lowest BCUT2D eigenvalue weighted by atomic mass is 10.1. The van der Waals surface area contributed by atoms with Gasteiger partial charge >= 0.3 is 0 Å². The van der Waals surface area contributed by atoms with Crippen molar-refractivity contribution in [3.63, 3.8) is 0 Å². The number of amides is 1. The Balaban J connectivity index is 1.71. The number of aryl methyl sites for hydroxylation is 2. The topological polar surface area (TPSA) is 33.2 Å². The van der Waals surface area contributed by atoms with Crippen molar-refractivity contribution in [2.24, 2.45) is 0 Å². The van der Waals surface area contributed by atoms with E-state index in [0.717, 1.165) is 27.5 Å². The first-order valence-electron chi connectivity index (χ1n) is 7.96. The van der Waals surface area contributed by atoms with Crippen LogP contribution in [-0.2, 0) is 11.2 Å². The van der Waals surface area contributed by atoms with Crippen molar-refractivity contribution in [2.45, 2.75) is 20.3 Å². The highest BCUT2D eigenvalue weighted by Gasteiger charge is 2.24. The van der Waals surface area contributed by atoms with E-state index >= 15 is 0 Å². The Hall–Kier alpha value is -2.46. The van der Waals surface area contributed by atoms with Crippen LogP contribution >= 0.6 is 11.3 Å². The molecule has 120 valence electrons. The summed E-state index contributed by atoms with van der Waals surface area (Å²) in [4.78, 5) is 18.4. The molecular weight excluding hydrogens is 316 g/mol. The summed E-state index contributed by atoms with van der Waals surface area (Å²) < 4.78 is 0. The summed E-state index contributed by atoms with van der Waals surface area (Å²) in [5.74, 6) is 0.149. The van der Waals surface area contributed by atoms with Crippen molar-refractivity contribution in [2.75, 3.05) is 11.9 Å². The standard InChI is InChI=1S/C20H18N2OS/c1-12-4-6-16(13(2)8-12)20-21-17(11-24-20)14-5-7-18-15(9-14)10-19(23)22(18)3/h4-9,11H,10H2,1-3H3. The summed E-state index contributed by atoms with van der Waals surface area (Å²) in [7, 11) is 1.83. The molecule has 3 nitrogen and oxygen atoms in total. The second kappa shape index (κ2) is 5.56. The fraction of sp³-hybridized carbons (Fsp3) is 0.200. The minimum Gasteiger partial charge on any atom is -0.315 e. The number of hydrogen-bond donors (Lipinski definition) is 0. The number of thiazole rings is 1. The SMILES string of the molecule is Cc1ccc(-c2nc(-c3ccc4c(c3)CC(=O)N4C)cs2)c(C)c1. The Bertz CT molecular complexity index is 958. The van der Waals surface area contributed by atoms with E-state index in [2.05, 4.69) is 49.6 Å². The van der Waals surface area contributed by atoms with Crippen LogP contribution in [0.2, 0.25) is 0 Å². The third kappa shape index (κ3) is 2.43. The molecule has 3 aromatic rings. The van der Waals surface area contributed by atoms with Gasteiger partial charge in [-0.25, -0.2) is 4.98 Å². The van der Waals surface area contributed by atoms with Gasteiger partial charge in [0.2, 0.25) is 5.91 Å². The molecule has 4 heteroatoms. The maximum absolute atomic E-state index is 11.8. The first-order valence-corrected chi connectivity index (χ1v) is 8.84. The smallest absolute Gasteiger partial charge is 0.231 e. The normalized spacial score (nSPS) is 13.5. The average Bonchev–Trinajstić information content (AvgIpc) is 3.13. The molecule has 1 amide bonds. The molecular formula is C20H18N2OS. The van der Waals surface area contributed by atoms with Crippen LogP contribution in [0.25, 0.3) is 21.8 Å². The number of benzene rings is 2. The van der Waals surface area contributed by atoms with Crippen molar-refractivity contribution in [1.82, 2.24) is 4.98 Å². The van der Waals surface area contributed by atoms with Gasteiger partial charge in [-0.1, -0.05) is 29.8 Å². The molecule has 0 radical (unpaired) electrons. The molecule has 0 bridgehead atoms. The van der Waals surface area contributed by atoms with Gasteiger partial charge in [0.15, 0.2) is 0 Å². The molecule has 0 saturated carbocycles. The zero-order valence-electron chi connectivity index (χ0n) is 14.0. The van der Waals surface area contributed by atoms with E-state index in [-0.39, 0.29) is 5.91 Å². The molecule has 0 unspecified atom stereocenters. The van der Waals surface area contributed by atoms with Crippen molar-refractivity contribution in [3.05, 3.63) is 58.5 Å². The molecule has 0 N–H and O–H groups in total. The van der Waals surface area contributed by atoms with Crippen LogP contribution in [0.3, 0.4) is 0 Å². The predicted molar refractivity (Wildman–Crippen MR) is 99.6 cm³/mol. The quantitative estimate of drug-likeness (QED) is 0.685. The van der Waals surface area contributed by atoms with E-state index in [0.29, 0.717) is 6.42 Å². The fourth-order valence-corrected chi connectivity index (χ4v) is 4.13. The van der Waals surface area contributed by atoms with E-state index in [1.807, 2.05) is 13.1 Å². The molecule has 0 fully saturated rings. The number of likely N-dealkylation sites (N-methyl/N-ethyl adjacent to an activating group) is 1. The Morgan fingerprint density at radius 3 is 2.75 bits per heavy atom. The first kappa shape index (κ1) is 15.1. The Labute approximate surface area is 145 Å². The van der Waals surface area contributed by atoms with E-state index in [1.165, 1.54) is 16.7 Å². The highest BCUT2D eigenvalue weighted by Crippen LogP contribution is 2.35. The predicted octanol–water partition coefficient (Wildman–Crippen LogP) is 4.61. The van der Waals surface area contributed by atoms with Gasteiger partial charge in [-0.2, -0.15) is 0 Å². The van der Waals surface area contributed by atoms with Crippen LogP contribution in [0.15, 0.2) is 41.8 Å². The maximum atomic E-state index is 11.8. The zero-order valence-corrected chi connectivity index (χ0v) is 14.8. The van der Waals surface area contributed by atoms with Crippen LogP contribution in [0.1, 0.15) is 16.7 Å². The minimum atomic E-state index is 0.149. The lowest BCUT2D eigenvalue weighted by Gasteiger charge is -2.09. The number of rotatable bonds is 2. The zero-order chi connectivity index (χ0) is 16.8. The number of carbonyl (C=O) groups excluding carboxylic acids is 1. The third-order valence-electron chi connectivity index (χ3n) is 4.57. The Morgan fingerprint density at radius 1 is 1.12 bits per heavy atom. The number of fused-ring (bicyclic) bond motifs is 1. The molecule has 2 aromatic carbocycles. The molecule has 4 rings (SSSR count). The Morgan fingerprint density at radius 2 is 1.96 bits per heavy atom. The summed E-state index contributed by atoms with van der Waals surface area (Å²) in [5.41, 5.74) is 7.84. The van der Waals surface area contributed by atoms with Crippen LogP contribution in [0, 0.1) is 13.8 Å². The van der Waals surface area contributed by atoms with E-state index < -0.39 is 0 Å². The summed E-state index contributed by atoms with van der Waals surface area (Å²) in [6.07, 6.45) is 0.480. The van der Waals surface area contributed by atoms with Gasteiger partial charge < -0.3 is 4.90 Å². The largest absolute Gasteiger partial charge is 0.315 e. The van der Waals surface area contributed by atoms with Gasteiger partial charge in [0.05, 0.1) is 12.1 Å². The summed E-state index contributed by atoms with van der Waals surface area (Å²) >= 11 is 1.66. The molecule has 1 aliphatic rings. The number of aromatic nitrogens is 1. The lowest BCUT2D eigenvalue weighted by Crippen LogP contribution is -2.20. The summed E-state index contributed by atoms with van der Waals surface area (Å²) in [6, 6.07) is 12.6. The molecule has 1 aromatic heterocycles. The molecule has 2 heterocycles. The Kier molecular flexibility index (Phi) is 3.50. The molecule has 1 aliphatic heterocycles. The minimum absolute atomic E-state index is 0.149. The number of nitrogens with zero attached hydrogens (tertiary/aromatic N) is 2. The highest BCUT2D eigenvalue weighted by molar-refractivity contribution is 7.13. The van der Waals surface area contributed by atoms with Crippen LogP contribution < -0.4 is 4.90 Å². The molecule has 0 spiro atoms. The van der Waals surface area contributed by atoms with Crippen LogP contribution in [0.4, 0.5) is 5.69 Å². The lowest BCUT2D eigenvalue weighted by molar-refractivity contribution is -0.117. The number of carbonyl (C=O) groups is 1. The fourth-order valence-electron chi connectivity index (χ4n) is 3.21. The van der Waals surface area contributed by atoms with Gasteiger partial charge in [0.25, 0.3) is 0 Å². The summed E-state index contributed by atoms with van der Waals surface area (Å²) in [5, 5.41) is 3.13. The summed E-state index contributed by atoms with van der Waals surface area (Å²) in [6.45, 7) is 4.23. The van der Waals surface area contributed by atoms with E-state index in [9.17, 15) is 4.79 Å². The maximum Gasteiger partial charge on any atom is 0.231 e. The first-order chi connectivity index (χ1) is 11.5. The van der Waals surface area contributed by atoms with Crippen molar-refractivity contribution >= 4 is 22.9 Å². The third-order valence-corrected chi connectivity index (χ3v) is 5.44. The molecule has 24 heavy (non-hydrogen) atoms. The van der Waals surface area contributed by atoms with Gasteiger partial charge in [-0.3, -0.25) is 4.79 Å². The van der Waals surface area contributed by atoms with Crippen molar-refractivity contribution < 1.29 is 4.79 Å². The van der Waals surface area contributed by atoms with Crippen molar-refractivity contribution in [3.8, 4) is 21.8 Å². The molecule has 0 atom stereocenters. The van der Waals surface area contributed by atoms with E-state index in [4.69, 9.17) is 4.98 Å². The van der Waals surface area contributed by atoms with E-state index in [1.54, 1.807) is 16.2 Å². The second-order valence-electron chi connectivity index (χ2n) is 6.33. The molecule has 0 aliphatic carbocycles. The number of hydrogen-bond acceptors (Lipinski definition) is 3. The van der Waals surface area contributed by atoms with Gasteiger partial charge in [-0.05, 0) is 37.1 Å². The van der Waals surface area contributed by atoms with Gasteiger partial charge in [0.1, 0.15) is 5.01 Å². The highest BCUT2D eigenvalue weighted by atomic mass is 32.1. The average molecular weight is 334 g/mol. The second-order valence-corrected chi connectivity index (χ2v) is 7.19. The number of anilines is 1. The molecule has 0 saturated heterocycles. The van der Waals surface area contributed by atoms with Gasteiger partial charge in [-0.15, -0.1) is 11.3 Å². The van der Waals surface area contributed by atoms with Crippen molar-refractivity contribution in [1.29, 1.82) is 0 Å².